The fourth-order valence-corrected chi connectivity index (χ4v) is 4.32. The Morgan fingerprint density at radius 3 is 2.75 bits per heavy atom. The normalized spacial score (nSPS) is 16.5. The number of hydrogen-bond donors (Lipinski definition) is 2. The fourth-order valence-electron chi connectivity index (χ4n) is 3.45. The second-order valence-corrected chi connectivity index (χ2v) is 8.67. The summed E-state index contributed by atoms with van der Waals surface area (Å²) in [5, 5.41) is 17.7. The Balaban J connectivity index is 0.00000280. The van der Waals surface area contributed by atoms with Crippen molar-refractivity contribution in [3.8, 4) is 0 Å². The van der Waals surface area contributed by atoms with Crippen molar-refractivity contribution in [3.63, 3.8) is 0 Å². The van der Waals surface area contributed by atoms with Crippen molar-refractivity contribution in [2.75, 3.05) is 6.54 Å². The van der Waals surface area contributed by atoms with Crippen molar-refractivity contribution >= 4 is 41.3 Å². The van der Waals surface area contributed by atoms with Gasteiger partial charge in [0.05, 0.1) is 0 Å². The van der Waals surface area contributed by atoms with E-state index >= 15 is 0 Å². The third-order valence-electron chi connectivity index (χ3n) is 5.26. The van der Waals surface area contributed by atoms with Gasteiger partial charge in [-0.2, -0.15) is 0 Å². The Morgan fingerprint density at radius 1 is 1.32 bits per heavy atom. The quantitative estimate of drug-likeness (QED) is 0.331. The zero-order valence-electron chi connectivity index (χ0n) is 17.1. The number of halogens is 1. The van der Waals surface area contributed by atoms with Gasteiger partial charge >= 0.3 is 0 Å². The zero-order valence-corrected chi connectivity index (χ0v) is 20.3. The van der Waals surface area contributed by atoms with Crippen LogP contribution in [0.3, 0.4) is 0 Å². The van der Waals surface area contributed by atoms with Gasteiger partial charge in [-0.1, -0.05) is 32.3 Å². The lowest BCUT2D eigenvalue weighted by Crippen LogP contribution is -2.45. The molecule has 1 saturated carbocycles. The SMILES string of the molecule is Cc1nnc(CN=C(NCC(C)Cc2cccs2)NC2CCCCC2)n1C.I. The van der Waals surface area contributed by atoms with Crippen LogP contribution in [0.4, 0.5) is 0 Å². The average Bonchev–Trinajstić information content (AvgIpc) is 3.29. The van der Waals surface area contributed by atoms with Crippen LogP contribution < -0.4 is 10.6 Å². The summed E-state index contributed by atoms with van der Waals surface area (Å²) in [6, 6.07) is 4.87. The first-order valence-electron chi connectivity index (χ1n) is 10.0. The lowest BCUT2D eigenvalue weighted by atomic mass is 9.96. The van der Waals surface area contributed by atoms with Crippen LogP contribution in [-0.2, 0) is 20.0 Å². The van der Waals surface area contributed by atoms with Gasteiger partial charge in [-0.15, -0.1) is 45.5 Å². The van der Waals surface area contributed by atoms with E-state index in [4.69, 9.17) is 4.99 Å². The molecule has 8 heteroatoms. The van der Waals surface area contributed by atoms with Gasteiger partial charge in [0.2, 0.25) is 0 Å². The first-order chi connectivity index (χ1) is 13.1. The maximum absolute atomic E-state index is 4.80. The predicted octanol–water partition coefficient (Wildman–Crippen LogP) is 4.05. The molecule has 3 rings (SSSR count). The number of nitrogens with one attached hydrogen (secondary N) is 2. The molecule has 0 saturated heterocycles. The molecular weight excluding hydrogens is 483 g/mol. The molecule has 0 aromatic carbocycles. The number of thiophene rings is 1. The molecule has 1 aliphatic rings. The van der Waals surface area contributed by atoms with Crippen molar-refractivity contribution in [1.29, 1.82) is 0 Å². The number of aryl methyl sites for hydroxylation is 1. The Bertz CT molecular complexity index is 721. The van der Waals surface area contributed by atoms with Crippen molar-refractivity contribution in [2.24, 2.45) is 18.0 Å². The van der Waals surface area contributed by atoms with E-state index in [-0.39, 0.29) is 24.0 Å². The Morgan fingerprint density at radius 2 is 2.11 bits per heavy atom. The molecule has 0 amide bonds. The molecule has 2 N–H and O–H groups in total. The van der Waals surface area contributed by atoms with Crippen LogP contribution in [0.25, 0.3) is 0 Å². The van der Waals surface area contributed by atoms with Crippen molar-refractivity contribution < 1.29 is 0 Å². The second-order valence-electron chi connectivity index (χ2n) is 7.64. The molecule has 1 aliphatic carbocycles. The first-order valence-corrected chi connectivity index (χ1v) is 10.9. The molecule has 1 atom stereocenters. The van der Waals surface area contributed by atoms with Crippen LogP contribution in [0.5, 0.6) is 0 Å². The smallest absolute Gasteiger partial charge is 0.191 e. The molecule has 0 radical (unpaired) electrons. The van der Waals surface area contributed by atoms with Gasteiger partial charge in [0.25, 0.3) is 0 Å². The van der Waals surface area contributed by atoms with Crippen LogP contribution in [0.1, 0.15) is 55.6 Å². The summed E-state index contributed by atoms with van der Waals surface area (Å²) in [7, 11) is 1.99. The molecule has 2 aromatic heterocycles. The molecular formula is C20H33IN6S. The van der Waals surface area contributed by atoms with Gasteiger partial charge in [0, 0.05) is 24.5 Å². The van der Waals surface area contributed by atoms with Crippen LogP contribution in [0.15, 0.2) is 22.5 Å². The van der Waals surface area contributed by atoms with Crippen LogP contribution in [-0.4, -0.2) is 33.3 Å². The van der Waals surface area contributed by atoms with Gasteiger partial charge in [0.15, 0.2) is 11.8 Å². The summed E-state index contributed by atoms with van der Waals surface area (Å²) < 4.78 is 2.00. The monoisotopic (exact) mass is 516 g/mol. The minimum Gasteiger partial charge on any atom is -0.356 e. The summed E-state index contributed by atoms with van der Waals surface area (Å²) in [5.74, 6) is 3.27. The summed E-state index contributed by atoms with van der Waals surface area (Å²) >= 11 is 1.83. The summed E-state index contributed by atoms with van der Waals surface area (Å²) in [6.07, 6.45) is 7.53. The molecule has 1 fully saturated rings. The van der Waals surface area contributed by atoms with Crippen LogP contribution >= 0.6 is 35.3 Å². The highest BCUT2D eigenvalue weighted by Crippen LogP contribution is 2.17. The molecule has 28 heavy (non-hydrogen) atoms. The summed E-state index contributed by atoms with van der Waals surface area (Å²) in [5.41, 5.74) is 0. The highest BCUT2D eigenvalue weighted by atomic mass is 127. The molecule has 6 nitrogen and oxygen atoms in total. The average molecular weight is 516 g/mol. The topological polar surface area (TPSA) is 67.1 Å². The molecule has 156 valence electrons. The van der Waals surface area contributed by atoms with E-state index < -0.39 is 0 Å². The standard InChI is InChI=1S/C20H32N6S.HI/c1-15(12-18-10-7-11-27-18)13-21-20(23-17-8-5-4-6-9-17)22-14-19-25-24-16(2)26(19)3;/h7,10-11,15,17H,4-6,8-9,12-14H2,1-3H3,(H2,21,22,23);1H. The largest absolute Gasteiger partial charge is 0.356 e. The highest BCUT2D eigenvalue weighted by Gasteiger charge is 2.16. The molecule has 1 unspecified atom stereocenters. The minimum absolute atomic E-state index is 0. The van der Waals surface area contributed by atoms with E-state index in [1.165, 1.54) is 37.0 Å². The molecule has 2 aromatic rings. The highest BCUT2D eigenvalue weighted by molar-refractivity contribution is 14.0. The Labute approximate surface area is 189 Å². The lowest BCUT2D eigenvalue weighted by Gasteiger charge is -2.25. The van der Waals surface area contributed by atoms with E-state index in [1.54, 1.807) is 0 Å². The first kappa shape index (κ1) is 23.1. The third kappa shape index (κ3) is 7.02. The summed E-state index contributed by atoms with van der Waals surface area (Å²) in [4.78, 5) is 6.25. The number of nitrogens with zero attached hydrogens (tertiary/aromatic N) is 4. The van der Waals surface area contributed by atoms with Crippen molar-refractivity contribution in [3.05, 3.63) is 34.0 Å². The Kier molecular flexibility index (Phi) is 9.70. The summed E-state index contributed by atoms with van der Waals surface area (Å²) in [6.45, 7) is 5.70. The van der Waals surface area contributed by atoms with Gasteiger partial charge in [-0.3, -0.25) is 0 Å². The van der Waals surface area contributed by atoms with Gasteiger partial charge in [-0.05, 0) is 43.6 Å². The minimum atomic E-state index is 0. The third-order valence-corrected chi connectivity index (χ3v) is 6.15. The number of hydrogen-bond acceptors (Lipinski definition) is 4. The zero-order chi connectivity index (χ0) is 19.1. The maximum atomic E-state index is 4.80. The van der Waals surface area contributed by atoms with Crippen LogP contribution in [0.2, 0.25) is 0 Å². The van der Waals surface area contributed by atoms with E-state index in [0.29, 0.717) is 18.5 Å². The molecule has 0 spiro atoms. The molecule has 0 bridgehead atoms. The number of aromatic nitrogens is 3. The Hall–Kier alpha value is -1.16. The fraction of sp³-hybridized carbons (Fsp3) is 0.650. The number of rotatable bonds is 7. The maximum Gasteiger partial charge on any atom is 0.191 e. The number of guanidine groups is 1. The van der Waals surface area contributed by atoms with E-state index in [0.717, 1.165) is 30.6 Å². The van der Waals surface area contributed by atoms with E-state index in [1.807, 2.05) is 29.9 Å². The van der Waals surface area contributed by atoms with Gasteiger partial charge in [-0.25, -0.2) is 4.99 Å². The van der Waals surface area contributed by atoms with Crippen LogP contribution in [0, 0.1) is 12.8 Å². The van der Waals surface area contributed by atoms with Gasteiger partial charge in [0.1, 0.15) is 12.4 Å². The van der Waals surface area contributed by atoms with E-state index in [9.17, 15) is 0 Å². The van der Waals surface area contributed by atoms with E-state index in [2.05, 4.69) is 45.3 Å². The molecule has 2 heterocycles. The predicted molar refractivity (Wildman–Crippen MR) is 127 cm³/mol. The van der Waals surface area contributed by atoms with Crippen molar-refractivity contribution in [2.45, 2.75) is 65.0 Å². The number of aliphatic imine (C=N–C) groups is 1. The van der Waals surface area contributed by atoms with Crippen molar-refractivity contribution in [1.82, 2.24) is 25.4 Å². The molecule has 0 aliphatic heterocycles. The lowest BCUT2D eigenvalue weighted by molar-refractivity contribution is 0.408. The second kappa shape index (κ2) is 11.7. The van der Waals surface area contributed by atoms with Gasteiger partial charge < -0.3 is 15.2 Å².